The molecule has 1 N–H and O–H groups in total. The van der Waals surface area contributed by atoms with Gasteiger partial charge in [-0.15, -0.1) is 22.7 Å². The minimum Gasteiger partial charge on any atom is -0.306 e. The number of rotatable bonds is 5. The first-order valence-electron chi connectivity index (χ1n) is 9.73. The first kappa shape index (κ1) is 22.1. The van der Waals surface area contributed by atoms with Gasteiger partial charge in [-0.2, -0.15) is 0 Å². The molecule has 0 atom stereocenters. The number of hydrogen-bond donors (Lipinski definition) is 1. The van der Waals surface area contributed by atoms with Crippen molar-refractivity contribution in [2.45, 2.75) is 23.1 Å². The van der Waals surface area contributed by atoms with Gasteiger partial charge in [-0.25, -0.2) is 9.97 Å². The summed E-state index contributed by atoms with van der Waals surface area (Å²) in [7, 11) is 0. The van der Waals surface area contributed by atoms with Crippen LogP contribution in [0.25, 0.3) is 31.8 Å². The fraction of sp³-hybridized carbons (Fsp3) is 0.0952. The number of aromatic amines is 1. The minimum atomic E-state index is -0.500. The molecule has 0 aliphatic heterocycles. The van der Waals surface area contributed by atoms with Crippen molar-refractivity contribution in [2.75, 3.05) is 0 Å². The predicted molar refractivity (Wildman–Crippen MR) is 132 cm³/mol. The highest BCUT2D eigenvalue weighted by molar-refractivity contribution is 8.01. The van der Waals surface area contributed by atoms with Gasteiger partial charge in [0.1, 0.15) is 10.7 Å². The van der Waals surface area contributed by atoms with Crippen molar-refractivity contribution in [1.29, 1.82) is 0 Å². The Morgan fingerprint density at radius 2 is 1.79 bits per heavy atom. The number of nitro groups is 2. The Kier molecular flexibility index (Phi) is 5.38. The summed E-state index contributed by atoms with van der Waals surface area (Å²) in [5.41, 5.74) is 1.38. The van der Waals surface area contributed by atoms with E-state index >= 15 is 0 Å². The number of hydrogen-bond acceptors (Lipinski definition) is 10. The van der Waals surface area contributed by atoms with Crippen LogP contribution < -0.4 is 5.56 Å². The second-order valence-corrected chi connectivity index (χ2v) is 10.8. The van der Waals surface area contributed by atoms with E-state index in [9.17, 15) is 25.0 Å². The van der Waals surface area contributed by atoms with Crippen LogP contribution in [0, 0.1) is 34.1 Å². The van der Waals surface area contributed by atoms with E-state index in [2.05, 4.69) is 15.0 Å². The Bertz CT molecular complexity index is 1700. The lowest BCUT2D eigenvalue weighted by Gasteiger charge is -2.05. The fourth-order valence-electron chi connectivity index (χ4n) is 3.43. The van der Waals surface area contributed by atoms with Gasteiger partial charge < -0.3 is 4.98 Å². The normalized spacial score (nSPS) is 11.4. The zero-order valence-corrected chi connectivity index (χ0v) is 20.0. The summed E-state index contributed by atoms with van der Waals surface area (Å²) in [6.07, 6.45) is 0. The molecular formula is C21H13N5O5S3. The van der Waals surface area contributed by atoms with E-state index in [-0.39, 0.29) is 22.8 Å². The van der Waals surface area contributed by atoms with Crippen LogP contribution in [-0.2, 0) is 0 Å². The summed E-state index contributed by atoms with van der Waals surface area (Å²) in [6.45, 7) is 3.78. The molecule has 5 aromatic rings. The van der Waals surface area contributed by atoms with Crippen molar-refractivity contribution in [1.82, 2.24) is 15.0 Å². The van der Waals surface area contributed by atoms with Crippen LogP contribution in [0.15, 0.2) is 50.4 Å². The molecule has 170 valence electrons. The smallest absolute Gasteiger partial charge is 0.284 e. The summed E-state index contributed by atoms with van der Waals surface area (Å²) < 4.78 is 1.14. The number of fused-ring (bicyclic) bond motifs is 2. The first-order valence-corrected chi connectivity index (χ1v) is 12.2. The molecule has 0 aliphatic carbocycles. The van der Waals surface area contributed by atoms with E-state index in [1.54, 1.807) is 18.2 Å². The second kappa shape index (κ2) is 8.27. The van der Waals surface area contributed by atoms with E-state index in [0.717, 1.165) is 22.2 Å². The third-order valence-electron chi connectivity index (χ3n) is 5.23. The number of non-ortho nitro benzene ring substituents is 1. The highest BCUT2D eigenvalue weighted by Crippen LogP contribution is 2.40. The maximum Gasteiger partial charge on any atom is 0.284 e. The van der Waals surface area contributed by atoms with Crippen molar-refractivity contribution in [2.24, 2.45) is 0 Å². The van der Waals surface area contributed by atoms with Crippen molar-refractivity contribution in [3.05, 3.63) is 77.4 Å². The van der Waals surface area contributed by atoms with Gasteiger partial charge in [0, 0.05) is 28.6 Å². The molecule has 0 bridgehead atoms. The average molecular weight is 512 g/mol. The number of nitro benzene ring substituents is 2. The van der Waals surface area contributed by atoms with E-state index in [1.165, 1.54) is 40.9 Å². The van der Waals surface area contributed by atoms with Crippen LogP contribution in [0.2, 0.25) is 0 Å². The fourth-order valence-corrected chi connectivity index (χ4v) is 6.60. The molecule has 2 aromatic carbocycles. The summed E-state index contributed by atoms with van der Waals surface area (Å²) in [4.78, 5) is 48.1. The zero-order valence-electron chi connectivity index (χ0n) is 17.5. The summed E-state index contributed by atoms with van der Waals surface area (Å²) in [6, 6.07) is 8.97. The average Bonchev–Trinajstić information content (AvgIpc) is 3.32. The van der Waals surface area contributed by atoms with E-state index in [4.69, 9.17) is 0 Å². The van der Waals surface area contributed by atoms with Crippen LogP contribution >= 0.6 is 34.4 Å². The zero-order chi connectivity index (χ0) is 24.1. The van der Waals surface area contributed by atoms with Gasteiger partial charge >= 0.3 is 0 Å². The largest absolute Gasteiger partial charge is 0.306 e. The Balaban J connectivity index is 1.54. The van der Waals surface area contributed by atoms with Gasteiger partial charge in [0.25, 0.3) is 16.9 Å². The maximum atomic E-state index is 12.6. The summed E-state index contributed by atoms with van der Waals surface area (Å²) in [5.74, 6) is 0.255. The number of aryl methyl sites for hydroxylation is 2. The quantitative estimate of drug-likeness (QED) is 0.229. The van der Waals surface area contributed by atoms with Crippen molar-refractivity contribution in [3.63, 3.8) is 0 Å². The van der Waals surface area contributed by atoms with E-state index < -0.39 is 9.85 Å². The molecule has 34 heavy (non-hydrogen) atoms. The van der Waals surface area contributed by atoms with Gasteiger partial charge in [0.2, 0.25) is 0 Å². The van der Waals surface area contributed by atoms with E-state index in [1.807, 2.05) is 13.8 Å². The predicted octanol–water partition coefficient (Wildman–Crippen LogP) is 5.85. The number of nitrogens with zero attached hydrogens (tertiary/aromatic N) is 4. The molecule has 3 heterocycles. The number of thiophene rings is 1. The molecule has 0 unspecified atom stereocenters. The van der Waals surface area contributed by atoms with Gasteiger partial charge in [-0.3, -0.25) is 25.0 Å². The molecule has 13 heteroatoms. The Morgan fingerprint density at radius 1 is 1.00 bits per heavy atom. The minimum absolute atomic E-state index is 0.0439. The molecule has 3 aromatic heterocycles. The Hall–Kier alpha value is -3.68. The number of nitrogens with one attached hydrogen (secondary N) is 1. The van der Waals surface area contributed by atoms with Gasteiger partial charge in [-0.1, -0.05) is 11.8 Å². The molecule has 10 nitrogen and oxygen atoms in total. The topological polar surface area (TPSA) is 145 Å². The van der Waals surface area contributed by atoms with Gasteiger partial charge in [-0.05, 0) is 37.6 Å². The van der Waals surface area contributed by atoms with Crippen molar-refractivity contribution < 1.29 is 9.85 Å². The Labute approximate surface area is 202 Å². The number of thiazole rings is 1. The van der Waals surface area contributed by atoms with Crippen LogP contribution in [0.3, 0.4) is 0 Å². The maximum absolute atomic E-state index is 12.6. The standard InChI is InChI=1S/C21H13N5O5S3/c1-9-10(2)32-20-17(9)19(27)23-18(24-20)11-3-6-15(14(7-11)26(30)31)33-21-22-13-5-4-12(25(28)29)8-16(13)34-21/h3-8H,1-2H3,(H,23,24,27). The SMILES string of the molecule is Cc1sc2nc(-c3ccc(Sc4nc5ccc([N+](=O)[O-])cc5s4)c([N+](=O)[O-])c3)[nH]c(=O)c2c1C. The molecule has 0 saturated heterocycles. The molecule has 0 radical (unpaired) electrons. The first-order chi connectivity index (χ1) is 16.2. The Morgan fingerprint density at radius 3 is 2.53 bits per heavy atom. The van der Waals surface area contributed by atoms with Crippen molar-refractivity contribution in [3.8, 4) is 11.4 Å². The number of H-pyrrole nitrogens is 1. The molecular weight excluding hydrogens is 498 g/mol. The monoisotopic (exact) mass is 511 g/mol. The van der Waals surface area contributed by atoms with Crippen LogP contribution in [-0.4, -0.2) is 24.8 Å². The molecule has 0 spiro atoms. The van der Waals surface area contributed by atoms with Gasteiger partial charge in [0.15, 0.2) is 4.34 Å². The molecule has 0 saturated carbocycles. The van der Waals surface area contributed by atoms with Gasteiger partial charge in [0.05, 0.1) is 30.3 Å². The molecule has 5 rings (SSSR count). The van der Waals surface area contributed by atoms with Crippen molar-refractivity contribution >= 4 is 66.2 Å². The highest BCUT2D eigenvalue weighted by atomic mass is 32.2. The molecule has 0 amide bonds. The molecule has 0 fully saturated rings. The number of benzene rings is 2. The van der Waals surface area contributed by atoms with Crippen LogP contribution in [0.5, 0.6) is 0 Å². The third kappa shape index (κ3) is 3.83. The van der Waals surface area contributed by atoms with Crippen LogP contribution in [0.4, 0.5) is 11.4 Å². The van der Waals surface area contributed by atoms with E-state index in [0.29, 0.717) is 35.2 Å². The summed E-state index contributed by atoms with van der Waals surface area (Å²) >= 11 is 3.72. The lowest BCUT2D eigenvalue weighted by molar-refractivity contribution is -0.387. The number of aromatic nitrogens is 3. The lowest BCUT2D eigenvalue weighted by atomic mass is 10.1. The molecule has 0 aliphatic rings. The second-order valence-electron chi connectivity index (χ2n) is 7.31. The van der Waals surface area contributed by atoms with Crippen LogP contribution in [0.1, 0.15) is 10.4 Å². The highest BCUT2D eigenvalue weighted by Gasteiger charge is 2.20. The summed E-state index contributed by atoms with van der Waals surface area (Å²) in [5, 5.41) is 23.4. The lowest BCUT2D eigenvalue weighted by Crippen LogP contribution is -2.09. The third-order valence-corrected chi connectivity index (χ3v) is 8.47.